The lowest BCUT2D eigenvalue weighted by Crippen LogP contribution is -2.04. The summed E-state index contributed by atoms with van der Waals surface area (Å²) in [6.07, 6.45) is 0. The lowest BCUT2D eigenvalue weighted by atomic mass is 9.96. The molecule has 71 heavy (non-hydrogen) atoms. The Labute approximate surface area is 409 Å². The largest absolute Gasteiger partial charge is 0.308 e. The average molecular weight is 907 g/mol. The van der Waals surface area contributed by atoms with E-state index < -0.39 is 0 Å². The first-order valence-corrected chi connectivity index (χ1v) is 23.2. The van der Waals surface area contributed by atoms with Crippen LogP contribution in [-0.4, -0.2) is 29.5 Å². The summed E-state index contributed by atoms with van der Waals surface area (Å²) in [4.78, 5) is 26.0. The Kier molecular flexibility index (Phi) is 10.8. The van der Waals surface area contributed by atoms with Crippen molar-refractivity contribution in [3.63, 3.8) is 0 Å². The quantitative estimate of drug-likeness (QED) is 0.142. The standard InChI is InChI=1S/C63H38N8/c64-39-48-25-13-15-27-50(48)45-29-32-57-52(35-45)53-36-46(51-28-16-14-26-49(51)40-65)30-33-58(53)71(57)59-34-31-47(56-38-55(41-17-5-1-6-18-41)66-60(67-56)42-19-7-2-8-20-42)37-54(59)63-69-61(43-21-9-3-10-22-43)68-62(70-63)44-23-11-4-12-24-44/h1-38H. The molecule has 8 heteroatoms. The molecule has 0 amide bonds. The van der Waals surface area contributed by atoms with Crippen molar-refractivity contribution in [2.75, 3.05) is 0 Å². The van der Waals surface area contributed by atoms with Gasteiger partial charge >= 0.3 is 0 Å². The number of nitriles is 2. The minimum atomic E-state index is 0.476. The predicted molar refractivity (Wildman–Crippen MR) is 283 cm³/mol. The molecule has 3 aromatic heterocycles. The van der Waals surface area contributed by atoms with E-state index in [0.29, 0.717) is 34.4 Å². The predicted octanol–water partition coefficient (Wildman–Crippen LogP) is 14.8. The first kappa shape index (κ1) is 42.2. The van der Waals surface area contributed by atoms with E-state index in [-0.39, 0.29) is 0 Å². The maximum atomic E-state index is 10.2. The normalized spacial score (nSPS) is 11.1. The van der Waals surface area contributed by atoms with Gasteiger partial charge in [0.15, 0.2) is 23.3 Å². The summed E-state index contributed by atoms with van der Waals surface area (Å²) in [6.45, 7) is 0. The molecule has 3 heterocycles. The highest BCUT2D eigenvalue weighted by Gasteiger charge is 2.23. The van der Waals surface area contributed by atoms with Crippen molar-refractivity contribution < 1.29 is 0 Å². The molecule has 0 saturated carbocycles. The van der Waals surface area contributed by atoms with Gasteiger partial charge in [-0.15, -0.1) is 0 Å². The van der Waals surface area contributed by atoms with Crippen molar-refractivity contribution in [3.05, 3.63) is 242 Å². The zero-order valence-corrected chi connectivity index (χ0v) is 38.0. The van der Waals surface area contributed by atoms with E-state index in [4.69, 9.17) is 24.9 Å². The van der Waals surface area contributed by atoms with Gasteiger partial charge < -0.3 is 4.57 Å². The average Bonchev–Trinajstić information content (AvgIpc) is 3.78. The Balaban J connectivity index is 1.16. The summed E-state index contributed by atoms with van der Waals surface area (Å²) in [7, 11) is 0. The van der Waals surface area contributed by atoms with Gasteiger partial charge in [-0.3, -0.25) is 0 Å². The molecule has 0 saturated heterocycles. The zero-order chi connectivity index (χ0) is 47.7. The third-order valence-electron chi connectivity index (χ3n) is 12.8. The van der Waals surface area contributed by atoms with Crippen molar-refractivity contribution in [2.24, 2.45) is 0 Å². The van der Waals surface area contributed by atoms with Crippen LogP contribution in [-0.2, 0) is 0 Å². The van der Waals surface area contributed by atoms with Gasteiger partial charge in [-0.2, -0.15) is 10.5 Å². The summed E-state index contributed by atoms with van der Waals surface area (Å²) >= 11 is 0. The number of hydrogen-bond donors (Lipinski definition) is 0. The number of fused-ring (bicyclic) bond motifs is 3. The summed E-state index contributed by atoms with van der Waals surface area (Å²) in [5.74, 6) is 2.16. The van der Waals surface area contributed by atoms with Crippen LogP contribution in [0.15, 0.2) is 231 Å². The van der Waals surface area contributed by atoms with E-state index in [1.807, 2.05) is 164 Å². The molecule has 0 unspecified atom stereocenters. The minimum Gasteiger partial charge on any atom is -0.308 e. The SMILES string of the molecule is N#Cc1ccccc1-c1ccc2c(c1)c1cc(-c3ccccc3C#N)ccc1n2-c1ccc(-c2cc(-c3ccccc3)nc(-c3ccccc3)n2)cc1-c1nc(-c2ccccc2)nc(-c2ccccc2)n1. The minimum absolute atomic E-state index is 0.476. The van der Waals surface area contributed by atoms with E-state index in [0.717, 1.165) is 94.5 Å². The summed E-state index contributed by atoms with van der Waals surface area (Å²) in [6, 6.07) is 81.5. The summed E-state index contributed by atoms with van der Waals surface area (Å²) < 4.78 is 2.27. The van der Waals surface area contributed by atoms with Crippen LogP contribution in [0.5, 0.6) is 0 Å². The molecule has 0 aliphatic rings. The molecule has 0 aliphatic carbocycles. The molecule has 0 spiro atoms. The van der Waals surface area contributed by atoms with Crippen LogP contribution in [0.4, 0.5) is 0 Å². The monoisotopic (exact) mass is 906 g/mol. The van der Waals surface area contributed by atoms with Crippen LogP contribution in [0.3, 0.4) is 0 Å². The Morgan fingerprint density at radius 3 is 1.17 bits per heavy atom. The van der Waals surface area contributed by atoms with Crippen LogP contribution in [0.1, 0.15) is 11.1 Å². The third kappa shape index (κ3) is 7.94. The second-order valence-electron chi connectivity index (χ2n) is 17.1. The first-order valence-electron chi connectivity index (χ1n) is 23.2. The van der Waals surface area contributed by atoms with E-state index >= 15 is 0 Å². The van der Waals surface area contributed by atoms with Crippen molar-refractivity contribution >= 4 is 21.8 Å². The first-order chi connectivity index (χ1) is 35.1. The number of aromatic nitrogens is 6. The van der Waals surface area contributed by atoms with Crippen LogP contribution >= 0.6 is 0 Å². The third-order valence-corrected chi connectivity index (χ3v) is 12.8. The molecule has 0 fully saturated rings. The molecule has 0 atom stereocenters. The molecular formula is C63H38N8. The molecule has 0 radical (unpaired) electrons. The summed E-state index contributed by atoms with van der Waals surface area (Å²) in [5.41, 5.74) is 14.1. The van der Waals surface area contributed by atoms with Gasteiger partial charge in [0.1, 0.15) is 0 Å². The molecule has 12 rings (SSSR count). The lowest BCUT2D eigenvalue weighted by molar-refractivity contribution is 1.06. The topological polar surface area (TPSA) is 117 Å². The molecule has 8 nitrogen and oxygen atoms in total. The van der Waals surface area contributed by atoms with Crippen LogP contribution in [0.25, 0.3) is 118 Å². The Hall–Kier alpha value is -10.2. The van der Waals surface area contributed by atoms with Crippen molar-refractivity contribution in [3.8, 4) is 108 Å². The fourth-order valence-electron chi connectivity index (χ4n) is 9.35. The second-order valence-corrected chi connectivity index (χ2v) is 17.1. The van der Waals surface area contributed by atoms with Gasteiger partial charge in [0.2, 0.25) is 0 Å². The molecule has 0 aliphatic heterocycles. The molecule has 330 valence electrons. The fourth-order valence-corrected chi connectivity index (χ4v) is 9.35. The van der Waals surface area contributed by atoms with Gasteiger partial charge in [0.05, 0.1) is 51.4 Å². The van der Waals surface area contributed by atoms with Gasteiger partial charge in [-0.05, 0) is 76.9 Å². The van der Waals surface area contributed by atoms with E-state index in [2.05, 4.69) is 83.4 Å². The van der Waals surface area contributed by atoms with E-state index in [9.17, 15) is 10.5 Å². The van der Waals surface area contributed by atoms with Gasteiger partial charge in [0.25, 0.3) is 0 Å². The van der Waals surface area contributed by atoms with E-state index in [1.165, 1.54) is 0 Å². The maximum Gasteiger partial charge on any atom is 0.166 e. The Morgan fingerprint density at radius 2 is 0.690 bits per heavy atom. The molecule has 12 aromatic rings. The maximum absolute atomic E-state index is 10.2. The highest BCUT2D eigenvalue weighted by molar-refractivity contribution is 6.12. The van der Waals surface area contributed by atoms with Gasteiger partial charge in [0, 0.05) is 44.2 Å². The smallest absolute Gasteiger partial charge is 0.166 e. The number of rotatable bonds is 9. The fraction of sp³-hybridized carbons (Fsp3) is 0. The van der Waals surface area contributed by atoms with Crippen molar-refractivity contribution in [1.29, 1.82) is 10.5 Å². The van der Waals surface area contributed by atoms with Crippen LogP contribution in [0, 0.1) is 22.7 Å². The Bertz CT molecular complexity index is 3830. The van der Waals surface area contributed by atoms with Crippen LogP contribution in [0.2, 0.25) is 0 Å². The van der Waals surface area contributed by atoms with Crippen LogP contribution < -0.4 is 0 Å². The summed E-state index contributed by atoms with van der Waals surface area (Å²) in [5, 5.41) is 22.3. The van der Waals surface area contributed by atoms with Crippen molar-refractivity contribution in [2.45, 2.75) is 0 Å². The van der Waals surface area contributed by atoms with Gasteiger partial charge in [-0.1, -0.05) is 176 Å². The highest BCUT2D eigenvalue weighted by Crippen LogP contribution is 2.42. The number of nitrogens with zero attached hydrogens (tertiary/aromatic N) is 8. The Morgan fingerprint density at radius 1 is 0.296 bits per heavy atom. The van der Waals surface area contributed by atoms with Crippen molar-refractivity contribution in [1.82, 2.24) is 29.5 Å². The second kappa shape index (κ2) is 18.2. The van der Waals surface area contributed by atoms with E-state index in [1.54, 1.807) is 0 Å². The molecule has 9 aromatic carbocycles. The molecule has 0 N–H and O–H groups in total. The zero-order valence-electron chi connectivity index (χ0n) is 38.0. The van der Waals surface area contributed by atoms with Gasteiger partial charge in [-0.25, -0.2) is 24.9 Å². The number of hydrogen-bond acceptors (Lipinski definition) is 7. The highest BCUT2D eigenvalue weighted by atomic mass is 15.1. The molecule has 0 bridgehead atoms. The molecular weight excluding hydrogens is 869 g/mol. The number of benzene rings is 9. The lowest BCUT2D eigenvalue weighted by Gasteiger charge is -2.17.